The number of halogens is 3. The van der Waals surface area contributed by atoms with Crippen LogP contribution in [0.4, 0.5) is 8.78 Å². The third-order valence-corrected chi connectivity index (χ3v) is 3.58. The predicted octanol–water partition coefficient (Wildman–Crippen LogP) is 2.80. The summed E-state index contributed by atoms with van der Waals surface area (Å²) in [6.45, 7) is 4.12. The number of carbonyl (C=O) groups is 1. The van der Waals surface area contributed by atoms with Gasteiger partial charge in [0.1, 0.15) is 17.2 Å². The molecule has 0 aliphatic rings. The largest absolute Gasteiger partial charge is 0.350 e. The van der Waals surface area contributed by atoms with Gasteiger partial charge in [-0.1, -0.05) is 15.9 Å². The molecule has 1 amide bonds. The van der Waals surface area contributed by atoms with Crippen molar-refractivity contribution < 1.29 is 13.6 Å². The van der Waals surface area contributed by atoms with Crippen molar-refractivity contribution in [1.82, 2.24) is 10.2 Å². The first-order chi connectivity index (χ1) is 8.65. The van der Waals surface area contributed by atoms with Gasteiger partial charge in [0, 0.05) is 16.6 Å². The van der Waals surface area contributed by atoms with E-state index in [1.807, 2.05) is 32.8 Å². The molecule has 1 rings (SSSR count). The van der Waals surface area contributed by atoms with Crippen molar-refractivity contribution in [3.05, 3.63) is 33.8 Å². The van der Waals surface area contributed by atoms with Crippen molar-refractivity contribution in [2.45, 2.75) is 19.4 Å². The Labute approximate surface area is 120 Å². The van der Waals surface area contributed by atoms with Crippen molar-refractivity contribution in [3.8, 4) is 0 Å². The van der Waals surface area contributed by atoms with Gasteiger partial charge in [-0.05, 0) is 40.1 Å². The topological polar surface area (TPSA) is 32.3 Å². The van der Waals surface area contributed by atoms with Crippen LogP contribution in [0.25, 0.3) is 0 Å². The minimum absolute atomic E-state index is 0.257. The lowest BCUT2D eigenvalue weighted by Crippen LogP contribution is -2.48. The Morgan fingerprint density at radius 3 is 2.21 bits per heavy atom. The van der Waals surface area contributed by atoms with Crippen LogP contribution in [0.1, 0.15) is 24.2 Å². The van der Waals surface area contributed by atoms with Crippen molar-refractivity contribution in [3.63, 3.8) is 0 Å². The van der Waals surface area contributed by atoms with E-state index in [0.717, 1.165) is 12.1 Å². The number of benzene rings is 1. The molecule has 1 aromatic rings. The fraction of sp³-hybridized carbons (Fsp3) is 0.462. The molecule has 0 fully saturated rings. The zero-order chi connectivity index (χ0) is 14.8. The molecular formula is C13H17BrF2N2O. The van der Waals surface area contributed by atoms with Crippen LogP contribution in [0.15, 0.2) is 16.6 Å². The summed E-state index contributed by atoms with van der Waals surface area (Å²) in [5.74, 6) is -2.52. The molecule has 0 spiro atoms. The minimum Gasteiger partial charge on any atom is -0.350 e. The first kappa shape index (κ1) is 16.0. The number of carbonyl (C=O) groups excluding carboxylic acids is 1. The van der Waals surface area contributed by atoms with Gasteiger partial charge in [0.15, 0.2) is 0 Å². The molecule has 0 saturated heterocycles. The second-order valence-corrected chi connectivity index (χ2v) is 6.05. The Balaban J connectivity index is 2.86. The monoisotopic (exact) mass is 334 g/mol. The Morgan fingerprint density at radius 2 is 1.79 bits per heavy atom. The summed E-state index contributed by atoms with van der Waals surface area (Å²) in [7, 11) is 3.74. The van der Waals surface area contributed by atoms with E-state index in [2.05, 4.69) is 21.2 Å². The Kier molecular flexibility index (Phi) is 5.04. The molecule has 0 unspecified atom stereocenters. The van der Waals surface area contributed by atoms with E-state index in [1.54, 1.807) is 0 Å². The third-order valence-electron chi connectivity index (χ3n) is 3.13. The number of likely N-dealkylation sites (N-methyl/N-ethyl adjacent to an activating group) is 1. The van der Waals surface area contributed by atoms with Gasteiger partial charge in [0.25, 0.3) is 5.91 Å². The molecule has 106 valence electrons. The van der Waals surface area contributed by atoms with Crippen LogP contribution in [0.3, 0.4) is 0 Å². The lowest BCUT2D eigenvalue weighted by Gasteiger charge is -2.32. The van der Waals surface area contributed by atoms with Gasteiger partial charge in [0.2, 0.25) is 0 Å². The summed E-state index contributed by atoms with van der Waals surface area (Å²) in [4.78, 5) is 13.8. The van der Waals surface area contributed by atoms with Gasteiger partial charge in [-0.25, -0.2) is 8.78 Å². The van der Waals surface area contributed by atoms with Gasteiger partial charge in [0.05, 0.1) is 0 Å². The lowest BCUT2D eigenvalue weighted by molar-refractivity contribution is 0.0911. The van der Waals surface area contributed by atoms with Gasteiger partial charge < -0.3 is 10.2 Å². The molecule has 0 radical (unpaired) electrons. The first-order valence-corrected chi connectivity index (χ1v) is 6.54. The van der Waals surface area contributed by atoms with Gasteiger partial charge >= 0.3 is 0 Å². The summed E-state index contributed by atoms with van der Waals surface area (Å²) in [5, 5.41) is 2.55. The summed E-state index contributed by atoms with van der Waals surface area (Å²) >= 11 is 2.97. The Hall–Kier alpha value is -1.01. The highest BCUT2D eigenvalue weighted by Gasteiger charge is 2.24. The van der Waals surface area contributed by atoms with Crippen molar-refractivity contribution in [2.24, 2.45) is 0 Å². The van der Waals surface area contributed by atoms with Gasteiger partial charge in [-0.15, -0.1) is 0 Å². The minimum atomic E-state index is -0.882. The molecule has 6 heteroatoms. The van der Waals surface area contributed by atoms with E-state index in [1.165, 1.54) is 0 Å². The molecule has 1 N–H and O–H groups in total. The maximum atomic E-state index is 13.6. The Bertz CT molecular complexity index is 467. The van der Waals surface area contributed by atoms with Crippen LogP contribution in [0.2, 0.25) is 0 Å². The van der Waals surface area contributed by atoms with Crippen molar-refractivity contribution in [2.75, 3.05) is 20.6 Å². The summed E-state index contributed by atoms with van der Waals surface area (Å²) in [6.07, 6.45) is 0. The maximum Gasteiger partial charge on any atom is 0.257 e. The van der Waals surface area contributed by atoms with E-state index in [4.69, 9.17) is 0 Å². The van der Waals surface area contributed by atoms with Gasteiger partial charge in [-0.3, -0.25) is 4.79 Å². The standard InChI is InChI=1S/C13H17BrF2N2O/c1-13(2,18(3)4)7-17-12(19)11-9(15)5-8(14)6-10(11)16/h5-6H,7H2,1-4H3,(H,17,19). The molecule has 1 aromatic carbocycles. The molecule has 0 aliphatic carbocycles. The summed E-state index contributed by atoms with van der Waals surface area (Å²) < 4.78 is 27.5. The number of amides is 1. The van der Waals surface area contributed by atoms with Crippen LogP contribution in [-0.4, -0.2) is 37.0 Å². The molecule has 0 saturated carbocycles. The molecule has 19 heavy (non-hydrogen) atoms. The molecule has 3 nitrogen and oxygen atoms in total. The van der Waals surface area contributed by atoms with E-state index in [9.17, 15) is 13.6 Å². The molecule has 0 bridgehead atoms. The highest BCUT2D eigenvalue weighted by atomic mass is 79.9. The van der Waals surface area contributed by atoms with E-state index in [-0.39, 0.29) is 16.6 Å². The average molecular weight is 335 g/mol. The zero-order valence-electron chi connectivity index (χ0n) is 11.4. The molecule has 0 atom stereocenters. The van der Waals surface area contributed by atoms with E-state index in [0.29, 0.717) is 0 Å². The quantitative estimate of drug-likeness (QED) is 0.918. The van der Waals surface area contributed by atoms with Crippen LogP contribution in [0, 0.1) is 11.6 Å². The van der Waals surface area contributed by atoms with E-state index >= 15 is 0 Å². The summed E-state index contributed by atoms with van der Waals surface area (Å²) in [6, 6.07) is 2.13. The van der Waals surface area contributed by atoms with Crippen molar-refractivity contribution >= 4 is 21.8 Å². The van der Waals surface area contributed by atoms with Crippen LogP contribution in [0.5, 0.6) is 0 Å². The lowest BCUT2D eigenvalue weighted by atomic mass is 10.0. The molecular weight excluding hydrogens is 318 g/mol. The van der Waals surface area contributed by atoms with Crippen LogP contribution >= 0.6 is 15.9 Å². The number of rotatable bonds is 4. The van der Waals surface area contributed by atoms with Crippen LogP contribution < -0.4 is 5.32 Å². The first-order valence-electron chi connectivity index (χ1n) is 5.75. The molecule has 0 heterocycles. The third kappa shape index (κ3) is 3.98. The molecule has 0 aliphatic heterocycles. The average Bonchev–Trinajstić information content (AvgIpc) is 2.24. The second-order valence-electron chi connectivity index (χ2n) is 5.13. The van der Waals surface area contributed by atoms with Gasteiger partial charge in [-0.2, -0.15) is 0 Å². The number of nitrogens with one attached hydrogen (secondary N) is 1. The summed E-state index contributed by atoms with van der Waals surface area (Å²) in [5.41, 5.74) is -0.865. The zero-order valence-corrected chi connectivity index (χ0v) is 12.9. The number of hydrogen-bond donors (Lipinski definition) is 1. The highest BCUT2D eigenvalue weighted by Crippen LogP contribution is 2.19. The molecule has 0 aromatic heterocycles. The maximum absolute atomic E-state index is 13.6. The fourth-order valence-corrected chi connectivity index (χ4v) is 1.70. The fourth-order valence-electron chi connectivity index (χ4n) is 1.30. The Morgan fingerprint density at radius 1 is 1.32 bits per heavy atom. The number of nitrogens with zero attached hydrogens (tertiary/aromatic N) is 1. The number of hydrogen-bond acceptors (Lipinski definition) is 2. The van der Waals surface area contributed by atoms with E-state index < -0.39 is 23.1 Å². The normalized spacial score (nSPS) is 11.8. The smallest absolute Gasteiger partial charge is 0.257 e. The van der Waals surface area contributed by atoms with Crippen LogP contribution in [-0.2, 0) is 0 Å². The van der Waals surface area contributed by atoms with Crippen molar-refractivity contribution in [1.29, 1.82) is 0 Å². The predicted molar refractivity (Wildman–Crippen MR) is 74.2 cm³/mol. The SMILES string of the molecule is CN(C)C(C)(C)CNC(=O)c1c(F)cc(Br)cc1F. The second kappa shape index (κ2) is 5.96. The highest BCUT2D eigenvalue weighted by molar-refractivity contribution is 9.10.